The third kappa shape index (κ3) is 3.41. The Kier molecular flexibility index (Phi) is 4.02. The van der Waals surface area contributed by atoms with Gasteiger partial charge in [-0.1, -0.05) is 17.7 Å². The Balaban J connectivity index is 1.99. The van der Waals surface area contributed by atoms with E-state index in [2.05, 4.69) is 16.8 Å². The third-order valence-corrected chi connectivity index (χ3v) is 3.60. The van der Waals surface area contributed by atoms with Gasteiger partial charge in [0.15, 0.2) is 0 Å². The van der Waals surface area contributed by atoms with Crippen LogP contribution in [0.25, 0.3) is 0 Å². The van der Waals surface area contributed by atoms with Crippen molar-refractivity contribution in [3.8, 4) is 0 Å². The second kappa shape index (κ2) is 5.34. The second-order valence-electron chi connectivity index (χ2n) is 4.92. The predicted molar refractivity (Wildman–Crippen MR) is 69.2 cm³/mol. The number of hydrogen-bond donors (Lipinski definition) is 0. The van der Waals surface area contributed by atoms with Gasteiger partial charge in [0.25, 0.3) is 0 Å². The second-order valence-corrected chi connectivity index (χ2v) is 5.31. The van der Waals surface area contributed by atoms with Crippen molar-refractivity contribution in [2.45, 2.75) is 31.9 Å². The SMILES string of the molecule is COC1(C)CCCN(Cc2cccc(Cl)n2)C1. The molecule has 1 saturated heterocycles. The molecule has 1 aromatic heterocycles. The molecular weight excluding hydrogens is 236 g/mol. The molecule has 3 nitrogen and oxygen atoms in total. The zero-order valence-electron chi connectivity index (χ0n) is 10.4. The summed E-state index contributed by atoms with van der Waals surface area (Å²) < 4.78 is 5.58. The van der Waals surface area contributed by atoms with Crippen molar-refractivity contribution in [3.05, 3.63) is 29.0 Å². The van der Waals surface area contributed by atoms with Crippen LogP contribution >= 0.6 is 11.6 Å². The Morgan fingerprint density at radius 1 is 1.53 bits per heavy atom. The zero-order valence-corrected chi connectivity index (χ0v) is 11.2. The van der Waals surface area contributed by atoms with Crippen LogP contribution in [0, 0.1) is 0 Å². The van der Waals surface area contributed by atoms with Crippen molar-refractivity contribution >= 4 is 11.6 Å². The highest BCUT2D eigenvalue weighted by Crippen LogP contribution is 2.24. The standard InChI is InChI=1S/C13H19ClN2O/c1-13(17-2)7-4-8-16(10-13)9-11-5-3-6-12(14)15-11/h3,5-6H,4,7-10H2,1-2H3. The van der Waals surface area contributed by atoms with Crippen LogP contribution < -0.4 is 0 Å². The lowest BCUT2D eigenvalue weighted by molar-refractivity contribution is -0.0529. The molecular formula is C13H19ClN2O. The van der Waals surface area contributed by atoms with Crippen molar-refractivity contribution in [1.29, 1.82) is 0 Å². The van der Waals surface area contributed by atoms with Gasteiger partial charge in [-0.3, -0.25) is 4.90 Å². The van der Waals surface area contributed by atoms with E-state index < -0.39 is 0 Å². The summed E-state index contributed by atoms with van der Waals surface area (Å²) in [6, 6.07) is 5.77. The van der Waals surface area contributed by atoms with Crippen molar-refractivity contribution in [1.82, 2.24) is 9.88 Å². The summed E-state index contributed by atoms with van der Waals surface area (Å²) in [6.45, 7) is 5.08. The first kappa shape index (κ1) is 12.8. The van der Waals surface area contributed by atoms with Gasteiger partial charge in [0, 0.05) is 20.2 Å². The molecule has 1 unspecified atom stereocenters. The van der Waals surface area contributed by atoms with Gasteiger partial charge >= 0.3 is 0 Å². The van der Waals surface area contributed by atoms with Crippen LogP contribution in [0.1, 0.15) is 25.5 Å². The summed E-state index contributed by atoms with van der Waals surface area (Å²) in [5.41, 5.74) is 1.01. The van der Waals surface area contributed by atoms with E-state index in [0.29, 0.717) is 5.15 Å². The summed E-state index contributed by atoms with van der Waals surface area (Å²) in [7, 11) is 1.79. The molecule has 0 N–H and O–H groups in total. The maximum Gasteiger partial charge on any atom is 0.129 e. The number of hydrogen-bond acceptors (Lipinski definition) is 3. The number of pyridine rings is 1. The predicted octanol–water partition coefficient (Wildman–Crippen LogP) is 2.74. The number of aromatic nitrogens is 1. The Morgan fingerprint density at radius 2 is 2.35 bits per heavy atom. The smallest absolute Gasteiger partial charge is 0.129 e. The topological polar surface area (TPSA) is 25.4 Å². The Hall–Kier alpha value is -0.640. The highest BCUT2D eigenvalue weighted by atomic mass is 35.5. The van der Waals surface area contributed by atoms with E-state index in [1.165, 1.54) is 6.42 Å². The molecule has 1 atom stereocenters. The van der Waals surface area contributed by atoms with E-state index in [1.54, 1.807) is 13.2 Å². The summed E-state index contributed by atoms with van der Waals surface area (Å²) >= 11 is 5.89. The lowest BCUT2D eigenvalue weighted by atomic mass is 9.94. The minimum absolute atomic E-state index is 0.0170. The van der Waals surface area contributed by atoms with Gasteiger partial charge < -0.3 is 4.74 Å². The lowest BCUT2D eigenvalue weighted by Crippen LogP contribution is -2.46. The molecule has 1 aliphatic heterocycles. The fourth-order valence-corrected chi connectivity index (χ4v) is 2.56. The molecule has 1 aliphatic rings. The van der Waals surface area contributed by atoms with Crippen LogP contribution in [-0.2, 0) is 11.3 Å². The number of ether oxygens (including phenoxy) is 1. The minimum Gasteiger partial charge on any atom is -0.377 e. The van der Waals surface area contributed by atoms with E-state index in [-0.39, 0.29) is 5.60 Å². The fraction of sp³-hybridized carbons (Fsp3) is 0.615. The molecule has 0 aromatic carbocycles. The van der Waals surface area contributed by atoms with Crippen LogP contribution in [0.15, 0.2) is 18.2 Å². The molecule has 0 saturated carbocycles. The van der Waals surface area contributed by atoms with Crippen molar-refractivity contribution < 1.29 is 4.74 Å². The van der Waals surface area contributed by atoms with E-state index >= 15 is 0 Å². The Labute approximate surface area is 108 Å². The quantitative estimate of drug-likeness (QED) is 0.776. The van der Waals surface area contributed by atoms with Crippen LogP contribution in [0.4, 0.5) is 0 Å². The van der Waals surface area contributed by atoms with Crippen LogP contribution in [0.3, 0.4) is 0 Å². The summed E-state index contributed by atoms with van der Waals surface area (Å²) in [5, 5.41) is 0.564. The van der Waals surface area contributed by atoms with Crippen molar-refractivity contribution in [3.63, 3.8) is 0 Å². The molecule has 1 aromatic rings. The first-order valence-electron chi connectivity index (χ1n) is 6.00. The first-order chi connectivity index (χ1) is 8.11. The van der Waals surface area contributed by atoms with Gasteiger partial charge in [0.05, 0.1) is 11.3 Å². The average Bonchev–Trinajstić information content (AvgIpc) is 2.29. The molecule has 1 fully saturated rings. The van der Waals surface area contributed by atoms with Gasteiger partial charge in [0.1, 0.15) is 5.15 Å². The number of piperidine rings is 1. The maximum absolute atomic E-state index is 5.89. The summed E-state index contributed by atoms with van der Waals surface area (Å²) in [4.78, 5) is 6.70. The maximum atomic E-state index is 5.89. The van der Waals surface area contributed by atoms with Gasteiger partial charge in [0.2, 0.25) is 0 Å². The highest BCUT2D eigenvalue weighted by Gasteiger charge is 2.30. The largest absolute Gasteiger partial charge is 0.377 e. The molecule has 0 radical (unpaired) electrons. The fourth-order valence-electron chi connectivity index (χ4n) is 2.38. The number of halogens is 1. The summed E-state index contributed by atoms with van der Waals surface area (Å²) in [6.07, 6.45) is 2.30. The van der Waals surface area contributed by atoms with E-state index in [0.717, 1.165) is 31.7 Å². The average molecular weight is 255 g/mol. The molecule has 4 heteroatoms. The zero-order chi connectivity index (χ0) is 12.3. The van der Waals surface area contributed by atoms with Gasteiger partial charge in [-0.15, -0.1) is 0 Å². The molecule has 0 spiro atoms. The molecule has 0 bridgehead atoms. The number of nitrogens with zero attached hydrogens (tertiary/aromatic N) is 2. The van der Waals surface area contributed by atoms with Crippen LogP contribution in [0.5, 0.6) is 0 Å². The normalized spacial score (nSPS) is 26.1. The van der Waals surface area contributed by atoms with E-state index in [4.69, 9.17) is 16.3 Å². The van der Waals surface area contributed by atoms with Crippen LogP contribution in [0.2, 0.25) is 5.15 Å². The monoisotopic (exact) mass is 254 g/mol. The number of likely N-dealkylation sites (tertiary alicyclic amines) is 1. The first-order valence-corrected chi connectivity index (χ1v) is 6.38. The lowest BCUT2D eigenvalue weighted by Gasteiger charge is -2.39. The molecule has 2 rings (SSSR count). The van der Waals surface area contributed by atoms with Crippen molar-refractivity contribution in [2.75, 3.05) is 20.2 Å². The summed E-state index contributed by atoms with van der Waals surface area (Å²) in [5.74, 6) is 0. The Morgan fingerprint density at radius 3 is 3.06 bits per heavy atom. The minimum atomic E-state index is -0.0170. The van der Waals surface area contributed by atoms with Crippen molar-refractivity contribution in [2.24, 2.45) is 0 Å². The van der Waals surface area contributed by atoms with Gasteiger partial charge in [-0.05, 0) is 38.4 Å². The number of methoxy groups -OCH3 is 1. The van der Waals surface area contributed by atoms with Gasteiger partial charge in [-0.25, -0.2) is 4.98 Å². The molecule has 0 aliphatic carbocycles. The number of rotatable bonds is 3. The molecule has 17 heavy (non-hydrogen) atoms. The van der Waals surface area contributed by atoms with E-state index in [1.807, 2.05) is 12.1 Å². The van der Waals surface area contributed by atoms with E-state index in [9.17, 15) is 0 Å². The third-order valence-electron chi connectivity index (χ3n) is 3.39. The molecule has 0 amide bonds. The highest BCUT2D eigenvalue weighted by molar-refractivity contribution is 6.29. The van der Waals surface area contributed by atoms with Gasteiger partial charge in [-0.2, -0.15) is 0 Å². The molecule has 94 valence electrons. The Bertz CT molecular complexity index is 385. The van der Waals surface area contributed by atoms with Crippen LogP contribution in [-0.4, -0.2) is 35.7 Å². The molecule has 2 heterocycles.